The first-order chi connectivity index (χ1) is 7.65. The minimum absolute atomic E-state index is 0.229. The van der Waals surface area contributed by atoms with E-state index in [1.54, 1.807) is 4.90 Å². The first-order valence-electron chi connectivity index (χ1n) is 6.30. The molecule has 0 bridgehead atoms. The summed E-state index contributed by atoms with van der Waals surface area (Å²) in [6.07, 6.45) is 3.02. The molecule has 0 aromatic rings. The predicted molar refractivity (Wildman–Crippen MR) is 66.4 cm³/mol. The second-order valence-electron chi connectivity index (χ2n) is 4.72. The molecule has 0 aromatic heterocycles. The molecule has 1 amide bonds. The number of hydrogen-bond donors (Lipinski definition) is 1. The van der Waals surface area contributed by atoms with Crippen LogP contribution in [0, 0.1) is 0 Å². The normalized spacial score (nSPS) is 20.4. The van der Waals surface area contributed by atoms with Crippen LogP contribution < -0.4 is 5.32 Å². The van der Waals surface area contributed by atoms with Gasteiger partial charge in [0.2, 0.25) is 5.91 Å². The van der Waals surface area contributed by atoms with Crippen molar-refractivity contribution in [2.75, 3.05) is 40.3 Å². The second-order valence-corrected chi connectivity index (χ2v) is 4.72. The van der Waals surface area contributed by atoms with Gasteiger partial charge < -0.3 is 10.2 Å². The van der Waals surface area contributed by atoms with Crippen LogP contribution >= 0.6 is 0 Å². The fourth-order valence-electron chi connectivity index (χ4n) is 2.18. The van der Waals surface area contributed by atoms with E-state index in [0.29, 0.717) is 12.5 Å². The van der Waals surface area contributed by atoms with Crippen LogP contribution in [0.15, 0.2) is 0 Å². The molecular weight excluding hydrogens is 202 g/mol. The second kappa shape index (κ2) is 6.86. The largest absolute Gasteiger partial charge is 0.349 e. The number of rotatable bonds is 6. The average Bonchev–Trinajstić information content (AvgIpc) is 2.76. The molecule has 1 unspecified atom stereocenters. The highest BCUT2D eigenvalue weighted by Gasteiger charge is 2.22. The maximum Gasteiger partial charge on any atom is 0.223 e. The molecule has 0 aromatic carbocycles. The highest BCUT2D eigenvalue weighted by Crippen LogP contribution is 2.10. The number of nitrogens with one attached hydrogen (secondary N) is 1. The Labute approximate surface area is 99.0 Å². The SMILES string of the molecule is CCCN(CCC(=O)N(C)C)C1CCNC1. The summed E-state index contributed by atoms with van der Waals surface area (Å²) in [6.45, 7) is 6.40. The Morgan fingerprint density at radius 2 is 2.12 bits per heavy atom. The summed E-state index contributed by atoms with van der Waals surface area (Å²) in [4.78, 5) is 15.7. The monoisotopic (exact) mass is 227 g/mol. The van der Waals surface area contributed by atoms with Crippen molar-refractivity contribution in [3.05, 3.63) is 0 Å². The Bertz CT molecular complexity index is 212. The lowest BCUT2D eigenvalue weighted by atomic mass is 10.2. The number of amides is 1. The van der Waals surface area contributed by atoms with Crippen molar-refractivity contribution in [2.45, 2.75) is 32.2 Å². The van der Waals surface area contributed by atoms with E-state index in [0.717, 1.165) is 32.6 Å². The van der Waals surface area contributed by atoms with E-state index >= 15 is 0 Å². The molecule has 1 aliphatic heterocycles. The number of carbonyl (C=O) groups is 1. The Morgan fingerprint density at radius 3 is 2.62 bits per heavy atom. The van der Waals surface area contributed by atoms with Gasteiger partial charge in [0.05, 0.1) is 0 Å². The summed E-state index contributed by atoms with van der Waals surface area (Å²) in [5, 5.41) is 3.38. The van der Waals surface area contributed by atoms with Gasteiger partial charge in [-0.3, -0.25) is 9.69 Å². The molecule has 94 valence electrons. The molecule has 1 rings (SSSR count). The van der Waals surface area contributed by atoms with Crippen LogP contribution in [0.2, 0.25) is 0 Å². The molecule has 4 heteroatoms. The first kappa shape index (κ1) is 13.5. The topological polar surface area (TPSA) is 35.6 Å². The molecule has 0 radical (unpaired) electrons. The molecule has 1 aliphatic rings. The molecule has 0 spiro atoms. The molecule has 1 N–H and O–H groups in total. The molecule has 16 heavy (non-hydrogen) atoms. The van der Waals surface area contributed by atoms with Crippen LogP contribution in [0.1, 0.15) is 26.2 Å². The van der Waals surface area contributed by atoms with Crippen LogP contribution in [0.4, 0.5) is 0 Å². The van der Waals surface area contributed by atoms with Gasteiger partial charge in [-0.15, -0.1) is 0 Å². The maximum absolute atomic E-state index is 11.6. The smallest absolute Gasteiger partial charge is 0.223 e. The van der Waals surface area contributed by atoms with Crippen molar-refractivity contribution >= 4 is 5.91 Å². The third-order valence-corrected chi connectivity index (χ3v) is 3.17. The summed E-state index contributed by atoms with van der Waals surface area (Å²) >= 11 is 0. The summed E-state index contributed by atoms with van der Waals surface area (Å²) in [7, 11) is 3.65. The lowest BCUT2D eigenvalue weighted by molar-refractivity contribution is -0.129. The first-order valence-corrected chi connectivity index (χ1v) is 6.30. The Hall–Kier alpha value is -0.610. The zero-order chi connectivity index (χ0) is 12.0. The Morgan fingerprint density at radius 1 is 1.38 bits per heavy atom. The van der Waals surface area contributed by atoms with Crippen molar-refractivity contribution in [3.63, 3.8) is 0 Å². The average molecular weight is 227 g/mol. The van der Waals surface area contributed by atoms with E-state index in [-0.39, 0.29) is 5.91 Å². The van der Waals surface area contributed by atoms with Crippen LogP contribution in [-0.4, -0.2) is 62.0 Å². The van der Waals surface area contributed by atoms with E-state index in [4.69, 9.17) is 0 Å². The molecular formula is C12H25N3O. The van der Waals surface area contributed by atoms with Gasteiger partial charge in [-0.1, -0.05) is 6.92 Å². The van der Waals surface area contributed by atoms with Gasteiger partial charge in [0.25, 0.3) is 0 Å². The zero-order valence-corrected chi connectivity index (χ0v) is 10.8. The Kier molecular flexibility index (Phi) is 5.77. The van der Waals surface area contributed by atoms with E-state index in [1.807, 2.05) is 14.1 Å². The van der Waals surface area contributed by atoms with Crippen LogP contribution in [0.3, 0.4) is 0 Å². The molecule has 0 aliphatic carbocycles. The minimum Gasteiger partial charge on any atom is -0.349 e. The van der Waals surface area contributed by atoms with Crippen LogP contribution in [0.5, 0.6) is 0 Å². The van der Waals surface area contributed by atoms with E-state index in [1.165, 1.54) is 6.42 Å². The van der Waals surface area contributed by atoms with Crippen molar-refractivity contribution < 1.29 is 4.79 Å². The van der Waals surface area contributed by atoms with Gasteiger partial charge in [-0.25, -0.2) is 0 Å². The van der Waals surface area contributed by atoms with E-state index in [2.05, 4.69) is 17.1 Å². The van der Waals surface area contributed by atoms with Crippen molar-refractivity contribution in [3.8, 4) is 0 Å². The van der Waals surface area contributed by atoms with E-state index < -0.39 is 0 Å². The maximum atomic E-state index is 11.6. The molecule has 0 saturated carbocycles. The van der Waals surface area contributed by atoms with Gasteiger partial charge >= 0.3 is 0 Å². The molecule has 1 fully saturated rings. The van der Waals surface area contributed by atoms with Gasteiger partial charge in [-0.05, 0) is 25.9 Å². The van der Waals surface area contributed by atoms with Crippen molar-refractivity contribution in [1.82, 2.24) is 15.1 Å². The number of hydrogen-bond acceptors (Lipinski definition) is 3. The molecule has 1 saturated heterocycles. The predicted octanol–water partition coefficient (Wildman–Crippen LogP) is 0.539. The third kappa shape index (κ3) is 4.10. The molecule has 1 atom stereocenters. The molecule has 1 heterocycles. The fourth-order valence-corrected chi connectivity index (χ4v) is 2.18. The molecule has 4 nitrogen and oxygen atoms in total. The standard InChI is InChI=1S/C12H25N3O/c1-4-8-15(11-5-7-13-10-11)9-6-12(16)14(2)3/h11,13H,4-10H2,1-3H3. The lowest BCUT2D eigenvalue weighted by Crippen LogP contribution is -2.39. The van der Waals surface area contributed by atoms with Crippen LogP contribution in [0.25, 0.3) is 0 Å². The lowest BCUT2D eigenvalue weighted by Gasteiger charge is -2.28. The Balaban J connectivity index is 2.35. The summed E-state index contributed by atoms with van der Waals surface area (Å²) < 4.78 is 0. The van der Waals surface area contributed by atoms with Crippen LogP contribution in [-0.2, 0) is 4.79 Å². The minimum atomic E-state index is 0.229. The summed E-state index contributed by atoms with van der Waals surface area (Å²) in [6, 6.07) is 0.634. The number of carbonyl (C=O) groups excluding carboxylic acids is 1. The fraction of sp³-hybridized carbons (Fsp3) is 0.917. The van der Waals surface area contributed by atoms with Gasteiger partial charge in [0, 0.05) is 39.6 Å². The quantitative estimate of drug-likeness (QED) is 0.719. The highest BCUT2D eigenvalue weighted by atomic mass is 16.2. The third-order valence-electron chi connectivity index (χ3n) is 3.17. The van der Waals surface area contributed by atoms with Crippen molar-refractivity contribution in [1.29, 1.82) is 0 Å². The summed E-state index contributed by atoms with van der Waals surface area (Å²) in [5.74, 6) is 0.229. The van der Waals surface area contributed by atoms with Gasteiger partial charge in [-0.2, -0.15) is 0 Å². The highest BCUT2D eigenvalue weighted by molar-refractivity contribution is 5.75. The van der Waals surface area contributed by atoms with E-state index in [9.17, 15) is 4.79 Å². The van der Waals surface area contributed by atoms with Crippen molar-refractivity contribution in [2.24, 2.45) is 0 Å². The number of nitrogens with zero attached hydrogens (tertiary/aromatic N) is 2. The summed E-state index contributed by atoms with van der Waals surface area (Å²) in [5.41, 5.74) is 0. The zero-order valence-electron chi connectivity index (χ0n) is 10.8. The van der Waals surface area contributed by atoms with Gasteiger partial charge in [0.15, 0.2) is 0 Å². The van der Waals surface area contributed by atoms with Gasteiger partial charge in [0.1, 0.15) is 0 Å².